The summed E-state index contributed by atoms with van der Waals surface area (Å²) in [6.07, 6.45) is 2.82. The lowest BCUT2D eigenvalue weighted by Crippen LogP contribution is -2.54. The Morgan fingerprint density at radius 1 is 1.29 bits per heavy atom. The smallest absolute Gasteiger partial charge is 0.227 e. The molecule has 2 atom stereocenters. The van der Waals surface area contributed by atoms with Crippen molar-refractivity contribution in [3.05, 3.63) is 35.6 Å². The van der Waals surface area contributed by atoms with Crippen molar-refractivity contribution in [1.29, 1.82) is 0 Å². The molecule has 21 heavy (non-hydrogen) atoms. The largest absolute Gasteiger partial charge is 0.342 e. The first-order chi connectivity index (χ1) is 9.82. The number of amides is 1. The van der Waals surface area contributed by atoms with Crippen molar-refractivity contribution < 1.29 is 9.18 Å². The molecule has 1 aromatic rings. The maximum absolute atomic E-state index is 12.9. The summed E-state index contributed by atoms with van der Waals surface area (Å²) in [7, 11) is 0. The number of benzene rings is 1. The molecule has 0 N–H and O–H groups in total. The topological polar surface area (TPSA) is 20.3 Å². The van der Waals surface area contributed by atoms with Crippen LogP contribution in [0.1, 0.15) is 39.2 Å². The summed E-state index contributed by atoms with van der Waals surface area (Å²) < 4.78 is 12.9. The highest BCUT2D eigenvalue weighted by Gasteiger charge is 2.55. The summed E-state index contributed by atoms with van der Waals surface area (Å²) in [5.41, 5.74) is 1.44. The van der Waals surface area contributed by atoms with Crippen LogP contribution in [0, 0.1) is 22.6 Å². The molecule has 1 saturated heterocycles. The summed E-state index contributed by atoms with van der Waals surface area (Å²) in [4.78, 5) is 14.6. The molecule has 1 saturated carbocycles. The molecule has 2 nitrogen and oxygen atoms in total. The Bertz CT molecular complexity index is 551. The van der Waals surface area contributed by atoms with E-state index in [0.717, 1.165) is 18.7 Å². The summed E-state index contributed by atoms with van der Waals surface area (Å²) >= 11 is 0. The van der Waals surface area contributed by atoms with E-state index in [-0.39, 0.29) is 17.1 Å². The molecule has 114 valence electrons. The maximum Gasteiger partial charge on any atom is 0.227 e. The third-order valence-electron chi connectivity index (χ3n) is 6.22. The fraction of sp³-hybridized carbons (Fsp3) is 0.611. The standard InChI is InChI=1S/C18H24FNO/c1-17(2)14-8-9-18(17,3)12-20(11-14)16(21)10-13-4-6-15(19)7-5-13/h4-7,14H,8-12H2,1-3H3/t14?,18-/m1/s1. The highest BCUT2D eigenvalue weighted by Crippen LogP contribution is 2.58. The number of nitrogens with zero attached hydrogens (tertiary/aromatic N) is 1. The molecule has 3 heteroatoms. The van der Waals surface area contributed by atoms with Gasteiger partial charge in [-0.1, -0.05) is 32.9 Å². The van der Waals surface area contributed by atoms with Gasteiger partial charge in [0.2, 0.25) is 5.91 Å². The van der Waals surface area contributed by atoms with Crippen molar-refractivity contribution in [3.8, 4) is 0 Å². The van der Waals surface area contributed by atoms with Gasteiger partial charge < -0.3 is 4.90 Å². The lowest BCUT2D eigenvalue weighted by Gasteiger charge is -2.50. The zero-order valence-electron chi connectivity index (χ0n) is 13.2. The molecule has 0 aromatic heterocycles. The number of halogens is 1. The molecular formula is C18H24FNO. The van der Waals surface area contributed by atoms with E-state index >= 15 is 0 Å². The van der Waals surface area contributed by atoms with Gasteiger partial charge in [0.05, 0.1) is 6.42 Å². The predicted octanol–water partition coefficient (Wildman–Crippen LogP) is 3.65. The van der Waals surface area contributed by atoms with Crippen LogP contribution in [-0.4, -0.2) is 23.9 Å². The van der Waals surface area contributed by atoms with E-state index in [2.05, 4.69) is 20.8 Å². The van der Waals surface area contributed by atoms with Crippen molar-refractivity contribution in [2.24, 2.45) is 16.7 Å². The number of hydrogen-bond donors (Lipinski definition) is 0. The lowest BCUT2D eigenvalue weighted by molar-refractivity contribution is -0.138. The van der Waals surface area contributed by atoms with Crippen LogP contribution in [0.25, 0.3) is 0 Å². The van der Waals surface area contributed by atoms with Crippen molar-refractivity contribution in [2.45, 2.75) is 40.0 Å². The van der Waals surface area contributed by atoms with E-state index in [1.807, 2.05) is 4.90 Å². The van der Waals surface area contributed by atoms with Gasteiger partial charge >= 0.3 is 0 Å². The second-order valence-corrected chi connectivity index (χ2v) is 7.60. The van der Waals surface area contributed by atoms with Crippen LogP contribution < -0.4 is 0 Å². The number of hydrogen-bond acceptors (Lipinski definition) is 1. The van der Waals surface area contributed by atoms with Gasteiger partial charge in [-0.3, -0.25) is 4.79 Å². The molecule has 2 bridgehead atoms. The molecule has 2 aliphatic rings. The van der Waals surface area contributed by atoms with Crippen molar-refractivity contribution in [3.63, 3.8) is 0 Å². The van der Waals surface area contributed by atoms with Gasteiger partial charge in [-0.25, -0.2) is 4.39 Å². The zero-order chi connectivity index (χ0) is 15.3. The van der Waals surface area contributed by atoms with Crippen LogP contribution >= 0.6 is 0 Å². The number of piperidine rings is 1. The molecule has 1 unspecified atom stereocenters. The molecule has 3 rings (SSSR count). The maximum atomic E-state index is 12.9. The second kappa shape index (κ2) is 4.82. The summed E-state index contributed by atoms with van der Waals surface area (Å²) in [6.45, 7) is 8.77. The number of carbonyl (C=O) groups is 1. The Morgan fingerprint density at radius 3 is 2.57 bits per heavy atom. The van der Waals surface area contributed by atoms with Gasteiger partial charge in [-0.15, -0.1) is 0 Å². The van der Waals surface area contributed by atoms with Gasteiger partial charge in [-0.05, 0) is 47.3 Å². The average Bonchev–Trinajstić information content (AvgIpc) is 2.58. The van der Waals surface area contributed by atoms with Crippen molar-refractivity contribution >= 4 is 5.91 Å². The van der Waals surface area contributed by atoms with Crippen LogP contribution in [0.4, 0.5) is 4.39 Å². The third-order valence-corrected chi connectivity index (χ3v) is 6.22. The predicted molar refractivity (Wildman–Crippen MR) is 81.3 cm³/mol. The van der Waals surface area contributed by atoms with Gasteiger partial charge in [-0.2, -0.15) is 0 Å². The first kappa shape index (κ1) is 14.6. The van der Waals surface area contributed by atoms with Crippen LogP contribution in [0.3, 0.4) is 0 Å². The minimum absolute atomic E-state index is 0.176. The van der Waals surface area contributed by atoms with E-state index in [1.165, 1.54) is 25.0 Å². The average molecular weight is 289 g/mol. The Morgan fingerprint density at radius 2 is 1.95 bits per heavy atom. The Labute approximate surface area is 126 Å². The van der Waals surface area contributed by atoms with Gasteiger partial charge in [0.25, 0.3) is 0 Å². The summed E-state index contributed by atoms with van der Waals surface area (Å²) in [5, 5.41) is 0. The Kier molecular flexibility index (Phi) is 3.34. The van der Waals surface area contributed by atoms with E-state index in [1.54, 1.807) is 12.1 Å². The quantitative estimate of drug-likeness (QED) is 0.814. The molecule has 1 aliphatic carbocycles. The molecular weight excluding hydrogens is 265 g/mol. The number of carbonyl (C=O) groups excluding carboxylic acids is 1. The van der Waals surface area contributed by atoms with E-state index < -0.39 is 0 Å². The lowest BCUT2D eigenvalue weighted by atomic mass is 9.63. The minimum Gasteiger partial charge on any atom is -0.342 e. The van der Waals surface area contributed by atoms with Crippen molar-refractivity contribution in [1.82, 2.24) is 4.90 Å². The van der Waals surface area contributed by atoms with E-state index in [9.17, 15) is 9.18 Å². The first-order valence-electron chi connectivity index (χ1n) is 7.84. The summed E-state index contributed by atoms with van der Waals surface area (Å²) in [5.74, 6) is 0.528. The summed E-state index contributed by atoms with van der Waals surface area (Å²) in [6, 6.07) is 6.26. The molecule has 1 amide bonds. The van der Waals surface area contributed by atoms with Crippen LogP contribution in [0.15, 0.2) is 24.3 Å². The molecule has 0 radical (unpaired) electrons. The van der Waals surface area contributed by atoms with Crippen LogP contribution in [0.2, 0.25) is 0 Å². The number of rotatable bonds is 2. The zero-order valence-corrected chi connectivity index (χ0v) is 13.2. The van der Waals surface area contributed by atoms with Gasteiger partial charge in [0, 0.05) is 13.1 Å². The van der Waals surface area contributed by atoms with E-state index in [4.69, 9.17) is 0 Å². The molecule has 1 aromatic carbocycles. The van der Waals surface area contributed by atoms with E-state index in [0.29, 0.717) is 17.8 Å². The van der Waals surface area contributed by atoms with Crippen molar-refractivity contribution in [2.75, 3.05) is 13.1 Å². The molecule has 2 fully saturated rings. The molecule has 1 aliphatic heterocycles. The highest BCUT2D eigenvalue weighted by atomic mass is 19.1. The highest BCUT2D eigenvalue weighted by molar-refractivity contribution is 5.79. The number of fused-ring (bicyclic) bond motifs is 2. The normalized spacial score (nSPS) is 30.5. The Balaban J connectivity index is 1.71. The first-order valence-corrected chi connectivity index (χ1v) is 7.84. The monoisotopic (exact) mass is 289 g/mol. The van der Waals surface area contributed by atoms with Gasteiger partial charge in [0.15, 0.2) is 0 Å². The Hall–Kier alpha value is -1.38. The fourth-order valence-electron chi connectivity index (χ4n) is 4.10. The molecule has 0 spiro atoms. The fourth-order valence-corrected chi connectivity index (χ4v) is 4.10. The molecule has 1 heterocycles. The minimum atomic E-state index is -0.253. The van der Waals surface area contributed by atoms with Crippen LogP contribution in [0.5, 0.6) is 0 Å². The number of likely N-dealkylation sites (tertiary alicyclic amines) is 1. The van der Waals surface area contributed by atoms with Crippen LogP contribution in [-0.2, 0) is 11.2 Å². The SMILES string of the molecule is CC1(C)C2CC[C@]1(C)CN(C(=O)Cc1ccc(F)cc1)C2. The third kappa shape index (κ3) is 2.37. The van der Waals surface area contributed by atoms with Gasteiger partial charge in [0.1, 0.15) is 5.82 Å². The second-order valence-electron chi connectivity index (χ2n) is 7.60.